The topological polar surface area (TPSA) is 68.0 Å². The average Bonchev–Trinajstić information content (AvgIpc) is 2.46. The predicted molar refractivity (Wildman–Crippen MR) is 74.5 cm³/mol. The second-order valence-electron chi connectivity index (χ2n) is 3.90. The summed E-state index contributed by atoms with van der Waals surface area (Å²) in [6.45, 7) is 0.263. The molecule has 2 rings (SSSR count). The Kier molecular flexibility index (Phi) is 4.43. The van der Waals surface area contributed by atoms with Crippen LogP contribution < -0.4 is 11.1 Å². The number of aromatic nitrogens is 1. The Bertz CT molecular complexity index is 689. The summed E-state index contributed by atoms with van der Waals surface area (Å²) in [4.78, 5) is 15.5. The Balaban J connectivity index is 2.18. The van der Waals surface area contributed by atoms with E-state index in [0.29, 0.717) is 5.69 Å². The molecule has 0 aliphatic carbocycles. The van der Waals surface area contributed by atoms with Crippen LogP contribution in [0.25, 0.3) is 0 Å². The molecule has 0 radical (unpaired) electrons. The zero-order chi connectivity index (χ0) is 14.4. The number of nitrogens with two attached hydrogens (primary N) is 1. The van der Waals surface area contributed by atoms with Gasteiger partial charge < -0.3 is 11.1 Å². The lowest BCUT2D eigenvalue weighted by molar-refractivity contribution is 0.102. The van der Waals surface area contributed by atoms with Gasteiger partial charge in [-0.25, -0.2) is 4.39 Å². The van der Waals surface area contributed by atoms with Crippen molar-refractivity contribution in [3.05, 3.63) is 59.7 Å². The molecule has 0 fully saturated rings. The highest BCUT2D eigenvalue weighted by atomic mass is 19.1. The van der Waals surface area contributed by atoms with Crippen molar-refractivity contribution >= 4 is 11.6 Å². The minimum absolute atomic E-state index is 0.0570. The van der Waals surface area contributed by atoms with Crippen molar-refractivity contribution in [1.82, 2.24) is 4.98 Å². The first kappa shape index (κ1) is 13.7. The third-order valence-electron chi connectivity index (χ3n) is 2.47. The molecule has 4 nitrogen and oxygen atoms in total. The number of carbonyl (C=O) groups is 1. The molecule has 1 aromatic heterocycles. The van der Waals surface area contributed by atoms with Crippen LogP contribution in [0.5, 0.6) is 0 Å². The molecule has 1 amide bonds. The van der Waals surface area contributed by atoms with Crippen molar-refractivity contribution < 1.29 is 9.18 Å². The molecule has 0 saturated carbocycles. The highest BCUT2D eigenvalue weighted by Crippen LogP contribution is 2.13. The minimum atomic E-state index is -0.663. The molecule has 0 aliphatic heterocycles. The summed E-state index contributed by atoms with van der Waals surface area (Å²) in [5, 5.41) is 2.61. The van der Waals surface area contributed by atoms with Crippen LogP contribution in [0.2, 0.25) is 0 Å². The van der Waals surface area contributed by atoms with Gasteiger partial charge in [0, 0.05) is 17.4 Å². The van der Waals surface area contributed by atoms with Crippen LogP contribution in [0.15, 0.2) is 42.7 Å². The Morgan fingerprint density at radius 2 is 2.25 bits per heavy atom. The number of anilines is 1. The maximum absolute atomic E-state index is 13.4. The van der Waals surface area contributed by atoms with Crippen molar-refractivity contribution in [2.24, 2.45) is 5.73 Å². The van der Waals surface area contributed by atoms with Gasteiger partial charge in [-0.2, -0.15) is 0 Å². The Hall–Kier alpha value is -2.71. The Morgan fingerprint density at radius 3 is 3.00 bits per heavy atom. The number of hydrogen-bond donors (Lipinski definition) is 2. The summed E-state index contributed by atoms with van der Waals surface area (Å²) >= 11 is 0. The molecule has 3 N–H and O–H groups in total. The Labute approximate surface area is 115 Å². The van der Waals surface area contributed by atoms with E-state index in [1.54, 1.807) is 24.3 Å². The first-order chi connectivity index (χ1) is 9.70. The standard InChI is InChI=1S/C15H12FN3O/c16-14-10-18-8-6-13(14)15(20)19-12-5-1-3-11(9-12)4-2-7-17/h1,3,5-6,8-10H,7,17H2,(H,19,20). The molecule has 0 aliphatic rings. The SMILES string of the molecule is NCC#Cc1cccc(NC(=O)c2ccncc2F)c1. The van der Waals surface area contributed by atoms with Gasteiger partial charge in [-0.3, -0.25) is 9.78 Å². The minimum Gasteiger partial charge on any atom is -0.322 e. The van der Waals surface area contributed by atoms with Crippen molar-refractivity contribution in [2.45, 2.75) is 0 Å². The first-order valence-electron chi connectivity index (χ1n) is 5.90. The molecule has 100 valence electrons. The molecule has 1 aromatic carbocycles. The van der Waals surface area contributed by atoms with E-state index in [1.165, 1.54) is 12.3 Å². The summed E-state index contributed by atoms with van der Waals surface area (Å²) in [7, 11) is 0. The summed E-state index contributed by atoms with van der Waals surface area (Å²) in [6, 6.07) is 8.26. The van der Waals surface area contributed by atoms with Crippen LogP contribution in [-0.2, 0) is 0 Å². The number of pyridine rings is 1. The molecule has 5 heteroatoms. The quantitative estimate of drug-likeness (QED) is 0.817. The van der Waals surface area contributed by atoms with Gasteiger partial charge in [-0.05, 0) is 24.3 Å². The summed E-state index contributed by atoms with van der Waals surface area (Å²) < 4.78 is 13.4. The highest BCUT2D eigenvalue weighted by Gasteiger charge is 2.11. The molecule has 0 unspecified atom stereocenters. The van der Waals surface area contributed by atoms with Crippen LogP contribution in [0.4, 0.5) is 10.1 Å². The van der Waals surface area contributed by atoms with Crippen LogP contribution in [0.1, 0.15) is 15.9 Å². The van der Waals surface area contributed by atoms with Crippen molar-refractivity contribution in [2.75, 3.05) is 11.9 Å². The van der Waals surface area contributed by atoms with Gasteiger partial charge in [0.05, 0.1) is 18.3 Å². The Morgan fingerprint density at radius 1 is 1.40 bits per heavy atom. The summed E-state index contributed by atoms with van der Waals surface area (Å²) in [5.74, 6) is 4.39. The van der Waals surface area contributed by atoms with Gasteiger partial charge in [0.2, 0.25) is 0 Å². The summed E-state index contributed by atoms with van der Waals surface area (Å²) in [5.41, 5.74) is 6.50. The predicted octanol–water partition coefficient (Wildman–Crippen LogP) is 1.78. The fourth-order valence-electron chi connectivity index (χ4n) is 1.59. The monoisotopic (exact) mass is 269 g/mol. The molecule has 0 spiro atoms. The van der Waals surface area contributed by atoms with Crippen LogP contribution in [-0.4, -0.2) is 17.4 Å². The third kappa shape index (κ3) is 3.40. The van der Waals surface area contributed by atoms with E-state index in [9.17, 15) is 9.18 Å². The number of carbonyl (C=O) groups excluding carboxylic acids is 1. The van der Waals surface area contributed by atoms with E-state index in [0.717, 1.165) is 11.8 Å². The van der Waals surface area contributed by atoms with E-state index < -0.39 is 11.7 Å². The van der Waals surface area contributed by atoms with Gasteiger partial charge in [0.25, 0.3) is 5.91 Å². The lowest BCUT2D eigenvalue weighted by atomic mass is 10.2. The van der Waals surface area contributed by atoms with Gasteiger partial charge in [-0.1, -0.05) is 17.9 Å². The smallest absolute Gasteiger partial charge is 0.258 e. The van der Waals surface area contributed by atoms with E-state index in [4.69, 9.17) is 5.73 Å². The van der Waals surface area contributed by atoms with Gasteiger partial charge in [0.1, 0.15) is 0 Å². The second-order valence-corrected chi connectivity index (χ2v) is 3.90. The number of amides is 1. The zero-order valence-electron chi connectivity index (χ0n) is 10.6. The molecular weight excluding hydrogens is 257 g/mol. The van der Waals surface area contributed by atoms with Crippen LogP contribution in [0.3, 0.4) is 0 Å². The van der Waals surface area contributed by atoms with Gasteiger partial charge >= 0.3 is 0 Å². The average molecular weight is 269 g/mol. The lowest BCUT2D eigenvalue weighted by Gasteiger charge is -2.06. The number of halogens is 1. The fraction of sp³-hybridized carbons (Fsp3) is 0.0667. The molecular formula is C15H12FN3O. The first-order valence-corrected chi connectivity index (χ1v) is 5.90. The molecule has 0 atom stereocenters. The number of nitrogens with zero attached hydrogens (tertiary/aromatic N) is 1. The highest BCUT2D eigenvalue weighted by molar-refractivity contribution is 6.04. The van der Waals surface area contributed by atoms with Crippen LogP contribution in [0, 0.1) is 17.7 Å². The number of nitrogens with one attached hydrogen (secondary N) is 1. The largest absolute Gasteiger partial charge is 0.322 e. The fourth-order valence-corrected chi connectivity index (χ4v) is 1.59. The molecule has 0 saturated heterocycles. The maximum Gasteiger partial charge on any atom is 0.258 e. The molecule has 1 heterocycles. The molecule has 2 aromatic rings. The van der Waals surface area contributed by atoms with Gasteiger partial charge in [-0.15, -0.1) is 0 Å². The van der Waals surface area contributed by atoms with E-state index >= 15 is 0 Å². The maximum atomic E-state index is 13.4. The molecule has 20 heavy (non-hydrogen) atoms. The third-order valence-corrected chi connectivity index (χ3v) is 2.47. The van der Waals surface area contributed by atoms with Gasteiger partial charge in [0.15, 0.2) is 5.82 Å². The number of rotatable bonds is 2. The zero-order valence-corrected chi connectivity index (χ0v) is 10.6. The van der Waals surface area contributed by atoms with Crippen molar-refractivity contribution in [3.8, 4) is 11.8 Å². The van der Waals surface area contributed by atoms with E-state index in [-0.39, 0.29) is 12.1 Å². The van der Waals surface area contributed by atoms with Crippen molar-refractivity contribution in [3.63, 3.8) is 0 Å². The molecule has 0 bridgehead atoms. The number of benzene rings is 1. The van der Waals surface area contributed by atoms with E-state index in [2.05, 4.69) is 22.1 Å². The second kappa shape index (κ2) is 6.45. The lowest BCUT2D eigenvalue weighted by Crippen LogP contribution is -2.13. The summed E-state index contributed by atoms with van der Waals surface area (Å²) in [6.07, 6.45) is 2.36. The number of hydrogen-bond acceptors (Lipinski definition) is 3. The van der Waals surface area contributed by atoms with E-state index in [1.807, 2.05) is 0 Å². The van der Waals surface area contributed by atoms with Crippen molar-refractivity contribution in [1.29, 1.82) is 0 Å². The normalized spacial score (nSPS) is 9.50. The van der Waals surface area contributed by atoms with Crippen LogP contribution >= 0.6 is 0 Å².